The molecule has 1 aromatic heterocycles. The van der Waals surface area contributed by atoms with Crippen LogP contribution in [-0.4, -0.2) is 42.7 Å². The molecule has 0 radical (unpaired) electrons. The van der Waals surface area contributed by atoms with Crippen molar-refractivity contribution in [2.45, 2.75) is 24.3 Å². The Morgan fingerprint density at radius 3 is 2.95 bits per heavy atom. The number of halogens is 1. The molecule has 0 aliphatic carbocycles. The van der Waals surface area contributed by atoms with Gasteiger partial charge in [-0.05, 0) is 28.4 Å². The molecule has 10 heteroatoms. The third kappa shape index (κ3) is 3.03. The van der Waals surface area contributed by atoms with Crippen molar-refractivity contribution >= 4 is 37.7 Å². The van der Waals surface area contributed by atoms with E-state index in [0.717, 1.165) is 0 Å². The van der Waals surface area contributed by atoms with Crippen LogP contribution in [0.3, 0.4) is 0 Å². The van der Waals surface area contributed by atoms with Gasteiger partial charge in [0.15, 0.2) is 5.82 Å². The fourth-order valence-corrected chi connectivity index (χ4v) is 4.50. The minimum absolute atomic E-state index is 0.0408. The van der Waals surface area contributed by atoms with Crippen LogP contribution in [0.1, 0.15) is 13.3 Å². The second-order valence-corrected chi connectivity index (χ2v) is 7.25. The summed E-state index contributed by atoms with van der Waals surface area (Å²) in [4.78, 5) is 15.7. The van der Waals surface area contributed by atoms with Crippen molar-refractivity contribution in [3.8, 4) is 0 Å². The number of amides is 1. The van der Waals surface area contributed by atoms with Crippen LogP contribution in [-0.2, 0) is 14.8 Å². The molecule has 1 unspecified atom stereocenters. The van der Waals surface area contributed by atoms with E-state index in [0.29, 0.717) is 10.9 Å². The standard InChI is InChI=1S/C11H16BrN5O3S/c1-2-8-11(18)14-3-4-17(8)21(19,20)9-5-7(12)6-15-10(9)16-13/h5-6,8H,2-4,13H2,1H3,(H,14,18)(H,15,16). The largest absolute Gasteiger partial charge is 0.353 e. The molecule has 1 aliphatic heterocycles. The number of pyridine rings is 1. The molecule has 0 aromatic carbocycles. The lowest BCUT2D eigenvalue weighted by Gasteiger charge is -2.33. The highest BCUT2D eigenvalue weighted by molar-refractivity contribution is 9.10. The Balaban J connectivity index is 2.50. The number of hydrogen-bond donors (Lipinski definition) is 3. The Hall–Kier alpha value is -1.23. The molecule has 2 rings (SSSR count). The van der Waals surface area contributed by atoms with Crippen molar-refractivity contribution in [3.63, 3.8) is 0 Å². The van der Waals surface area contributed by atoms with Crippen LogP contribution in [0.15, 0.2) is 21.6 Å². The minimum atomic E-state index is -3.88. The number of nitrogen functional groups attached to an aromatic ring is 1. The topological polar surface area (TPSA) is 117 Å². The van der Waals surface area contributed by atoms with Gasteiger partial charge in [-0.15, -0.1) is 0 Å². The van der Waals surface area contributed by atoms with E-state index < -0.39 is 16.1 Å². The molecular weight excluding hydrogens is 362 g/mol. The van der Waals surface area contributed by atoms with Gasteiger partial charge in [-0.2, -0.15) is 4.31 Å². The molecular formula is C11H16BrN5O3S. The van der Waals surface area contributed by atoms with Crippen LogP contribution in [0, 0.1) is 0 Å². The van der Waals surface area contributed by atoms with Gasteiger partial charge in [-0.1, -0.05) is 6.92 Å². The quantitative estimate of drug-likeness (QED) is 0.503. The van der Waals surface area contributed by atoms with Crippen molar-refractivity contribution in [3.05, 3.63) is 16.7 Å². The molecule has 0 saturated carbocycles. The fourth-order valence-electron chi connectivity index (χ4n) is 2.22. The van der Waals surface area contributed by atoms with Crippen molar-refractivity contribution < 1.29 is 13.2 Å². The van der Waals surface area contributed by atoms with E-state index in [-0.39, 0.29) is 29.7 Å². The Morgan fingerprint density at radius 2 is 2.33 bits per heavy atom. The summed E-state index contributed by atoms with van der Waals surface area (Å²) in [6.07, 6.45) is 1.83. The van der Waals surface area contributed by atoms with Gasteiger partial charge in [0.2, 0.25) is 15.9 Å². The Labute approximate surface area is 131 Å². The number of rotatable bonds is 4. The van der Waals surface area contributed by atoms with Crippen LogP contribution in [0.2, 0.25) is 0 Å². The molecule has 4 N–H and O–H groups in total. The number of anilines is 1. The van der Waals surface area contributed by atoms with E-state index in [9.17, 15) is 13.2 Å². The molecule has 8 nitrogen and oxygen atoms in total. The first kappa shape index (κ1) is 16.1. The summed E-state index contributed by atoms with van der Waals surface area (Å²) in [5.74, 6) is 5.08. The number of nitrogens with zero attached hydrogens (tertiary/aromatic N) is 2. The maximum atomic E-state index is 12.8. The monoisotopic (exact) mass is 377 g/mol. The lowest BCUT2D eigenvalue weighted by atomic mass is 10.2. The minimum Gasteiger partial charge on any atom is -0.353 e. The summed E-state index contributed by atoms with van der Waals surface area (Å²) in [7, 11) is -3.88. The molecule has 116 valence electrons. The first-order valence-corrected chi connectivity index (χ1v) is 8.56. The number of piperazine rings is 1. The van der Waals surface area contributed by atoms with Crippen LogP contribution in [0.4, 0.5) is 5.82 Å². The van der Waals surface area contributed by atoms with E-state index >= 15 is 0 Å². The van der Waals surface area contributed by atoms with E-state index in [1.807, 2.05) is 0 Å². The molecule has 1 atom stereocenters. The zero-order chi connectivity index (χ0) is 15.6. The van der Waals surface area contributed by atoms with Crippen molar-refractivity contribution in [2.75, 3.05) is 18.5 Å². The Bertz CT molecular complexity index is 651. The zero-order valence-electron chi connectivity index (χ0n) is 11.3. The van der Waals surface area contributed by atoms with E-state index in [1.165, 1.54) is 16.6 Å². The zero-order valence-corrected chi connectivity index (χ0v) is 13.7. The van der Waals surface area contributed by atoms with Gasteiger partial charge in [0.05, 0.1) is 0 Å². The summed E-state index contributed by atoms with van der Waals surface area (Å²) >= 11 is 3.19. The summed E-state index contributed by atoms with van der Waals surface area (Å²) in [6, 6.07) is 0.685. The van der Waals surface area contributed by atoms with Crippen LogP contribution >= 0.6 is 15.9 Å². The fraction of sp³-hybridized carbons (Fsp3) is 0.455. The predicted octanol–water partition coefficient (Wildman–Crippen LogP) is 0.0288. The number of hydrogen-bond acceptors (Lipinski definition) is 6. The molecule has 0 bridgehead atoms. The molecule has 2 heterocycles. The average Bonchev–Trinajstić information content (AvgIpc) is 2.46. The molecule has 1 fully saturated rings. The first-order valence-electron chi connectivity index (χ1n) is 6.33. The maximum Gasteiger partial charge on any atom is 0.247 e. The van der Waals surface area contributed by atoms with Gasteiger partial charge in [0, 0.05) is 23.8 Å². The van der Waals surface area contributed by atoms with Crippen LogP contribution < -0.4 is 16.6 Å². The number of nitrogens with one attached hydrogen (secondary N) is 2. The van der Waals surface area contributed by atoms with E-state index in [1.54, 1.807) is 6.92 Å². The number of sulfonamides is 1. The van der Waals surface area contributed by atoms with Crippen LogP contribution in [0.5, 0.6) is 0 Å². The molecule has 21 heavy (non-hydrogen) atoms. The Morgan fingerprint density at radius 1 is 1.62 bits per heavy atom. The molecule has 1 saturated heterocycles. The number of carbonyl (C=O) groups excluding carboxylic acids is 1. The van der Waals surface area contributed by atoms with E-state index in [2.05, 4.69) is 31.7 Å². The first-order chi connectivity index (χ1) is 9.91. The van der Waals surface area contributed by atoms with Gasteiger partial charge in [0.25, 0.3) is 0 Å². The third-order valence-electron chi connectivity index (χ3n) is 3.21. The van der Waals surface area contributed by atoms with Crippen molar-refractivity contribution in [1.82, 2.24) is 14.6 Å². The second kappa shape index (κ2) is 6.26. The molecule has 1 aliphatic rings. The molecule has 1 aromatic rings. The lowest BCUT2D eigenvalue weighted by molar-refractivity contribution is -0.126. The van der Waals surface area contributed by atoms with E-state index in [4.69, 9.17) is 5.84 Å². The summed E-state index contributed by atoms with van der Waals surface area (Å²) < 4.78 is 27.3. The molecule has 1 amide bonds. The smallest absolute Gasteiger partial charge is 0.247 e. The normalized spacial score (nSPS) is 20.1. The highest BCUT2D eigenvalue weighted by Crippen LogP contribution is 2.28. The van der Waals surface area contributed by atoms with Crippen LogP contribution in [0.25, 0.3) is 0 Å². The predicted molar refractivity (Wildman–Crippen MR) is 80.7 cm³/mol. The van der Waals surface area contributed by atoms with Crippen molar-refractivity contribution in [1.29, 1.82) is 0 Å². The van der Waals surface area contributed by atoms with Gasteiger partial charge in [0.1, 0.15) is 10.9 Å². The number of aromatic nitrogens is 1. The molecule has 0 spiro atoms. The van der Waals surface area contributed by atoms with Gasteiger partial charge < -0.3 is 10.7 Å². The highest BCUT2D eigenvalue weighted by atomic mass is 79.9. The summed E-state index contributed by atoms with van der Waals surface area (Å²) in [5, 5.41) is 2.67. The maximum absolute atomic E-state index is 12.8. The number of nitrogens with two attached hydrogens (primary N) is 1. The second-order valence-electron chi connectivity index (χ2n) is 4.48. The van der Waals surface area contributed by atoms with Gasteiger partial charge in [-0.3, -0.25) is 4.79 Å². The van der Waals surface area contributed by atoms with Gasteiger partial charge in [-0.25, -0.2) is 19.2 Å². The number of hydrazine groups is 1. The lowest BCUT2D eigenvalue weighted by Crippen LogP contribution is -2.56. The van der Waals surface area contributed by atoms with Gasteiger partial charge >= 0.3 is 0 Å². The van der Waals surface area contributed by atoms with Crippen molar-refractivity contribution in [2.24, 2.45) is 5.84 Å². The summed E-state index contributed by atoms with van der Waals surface area (Å²) in [6.45, 7) is 2.25. The third-order valence-corrected chi connectivity index (χ3v) is 5.57. The highest BCUT2D eigenvalue weighted by Gasteiger charge is 2.38. The Kier molecular flexibility index (Phi) is 4.81. The number of carbonyl (C=O) groups is 1. The average molecular weight is 378 g/mol. The summed E-state index contributed by atoms with van der Waals surface area (Å²) in [5.41, 5.74) is 2.27. The SMILES string of the molecule is CCC1C(=O)NCCN1S(=O)(=O)c1cc(Br)cnc1NN.